The van der Waals surface area contributed by atoms with Gasteiger partial charge in [0, 0.05) is 26.3 Å². The lowest BCUT2D eigenvalue weighted by Gasteiger charge is -2.03. The van der Waals surface area contributed by atoms with Gasteiger partial charge in [0.25, 0.3) is 0 Å². The highest BCUT2D eigenvalue weighted by molar-refractivity contribution is 9.10. The molecular formula is C15H18BrNS. The van der Waals surface area contributed by atoms with Crippen molar-refractivity contribution in [1.82, 2.24) is 5.32 Å². The molecule has 2 rings (SSSR count). The van der Waals surface area contributed by atoms with Crippen molar-refractivity contribution >= 4 is 27.3 Å². The summed E-state index contributed by atoms with van der Waals surface area (Å²) in [6.45, 7) is 6.36. The second-order valence-corrected chi connectivity index (χ2v) is 6.45. The number of aryl methyl sites for hydroxylation is 1. The molecule has 1 aromatic carbocycles. The van der Waals surface area contributed by atoms with Crippen molar-refractivity contribution in [2.75, 3.05) is 6.54 Å². The average Bonchev–Trinajstić information content (AvgIpc) is 2.78. The van der Waals surface area contributed by atoms with E-state index in [1.54, 1.807) is 0 Å². The zero-order valence-electron chi connectivity index (χ0n) is 10.8. The molecule has 0 aliphatic rings. The van der Waals surface area contributed by atoms with Crippen LogP contribution in [0.4, 0.5) is 0 Å². The lowest BCUT2D eigenvalue weighted by atomic mass is 10.1. The molecule has 2 aromatic rings. The minimum absolute atomic E-state index is 0.974. The number of thiophene rings is 1. The fraction of sp³-hybridized carbons (Fsp3) is 0.333. The molecule has 18 heavy (non-hydrogen) atoms. The monoisotopic (exact) mass is 323 g/mol. The third kappa shape index (κ3) is 3.44. The van der Waals surface area contributed by atoms with E-state index in [1.165, 1.54) is 31.8 Å². The van der Waals surface area contributed by atoms with Gasteiger partial charge in [-0.15, -0.1) is 11.3 Å². The summed E-state index contributed by atoms with van der Waals surface area (Å²) in [5, 5.41) is 3.44. The fourth-order valence-electron chi connectivity index (χ4n) is 1.83. The number of hydrogen-bond donors (Lipinski definition) is 1. The quantitative estimate of drug-likeness (QED) is 0.764. The lowest BCUT2D eigenvalue weighted by Crippen LogP contribution is -2.12. The topological polar surface area (TPSA) is 12.0 Å². The molecule has 0 fully saturated rings. The molecule has 96 valence electrons. The average molecular weight is 324 g/mol. The van der Waals surface area contributed by atoms with Crippen molar-refractivity contribution < 1.29 is 0 Å². The van der Waals surface area contributed by atoms with Crippen molar-refractivity contribution in [3.63, 3.8) is 0 Å². The summed E-state index contributed by atoms with van der Waals surface area (Å²) in [7, 11) is 0. The largest absolute Gasteiger partial charge is 0.312 e. The summed E-state index contributed by atoms with van der Waals surface area (Å²) in [6.07, 6.45) is 1.18. The Bertz CT molecular complexity index is 519. The minimum atomic E-state index is 0.974. The Morgan fingerprint density at radius 2 is 2.06 bits per heavy atom. The highest BCUT2D eigenvalue weighted by Crippen LogP contribution is 2.34. The van der Waals surface area contributed by atoms with E-state index >= 15 is 0 Å². The number of nitrogens with one attached hydrogen (secondary N) is 1. The lowest BCUT2D eigenvalue weighted by molar-refractivity contribution is 0.681. The molecule has 0 aliphatic carbocycles. The van der Waals surface area contributed by atoms with Crippen LogP contribution in [0.1, 0.15) is 23.8 Å². The van der Waals surface area contributed by atoms with Gasteiger partial charge in [0.05, 0.1) is 0 Å². The molecule has 1 heterocycles. The first kappa shape index (κ1) is 13.8. The number of benzene rings is 1. The van der Waals surface area contributed by atoms with Crippen LogP contribution in [0.25, 0.3) is 10.4 Å². The second kappa shape index (κ2) is 6.50. The number of halogens is 1. The standard InChI is InChI=1S/C15H18BrNS/c1-3-8-17-10-12-5-7-15(18-12)13-6-4-11(2)9-14(13)16/h4-7,9,17H,3,8,10H2,1-2H3. The van der Waals surface area contributed by atoms with Gasteiger partial charge in [0.1, 0.15) is 0 Å². The van der Waals surface area contributed by atoms with Gasteiger partial charge in [-0.05, 0) is 43.7 Å². The molecule has 0 unspecified atom stereocenters. The van der Waals surface area contributed by atoms with Crippen molar-refractivity contribution in [2.45, 2.75) is 26.8 Å². The zero-order chi connectivity index (χ0) is 13.0. The van der Waals surface area contributed by atoms with Crippen LogP contribution in [0.2, 0.25) is 0 Å². The zero-order valence-corrected chi connectivity index (χ0v) is 13.2. The third-order valence-corrected chi connectivity index (χ3v) is 4.55. The van der Waals surface area contributed by atoms with Crippen LogP contribution < -0.4 is 5.32 Å². The normalized spacial score (nSPS) is 10.8. The first-order chi connectivity index (χ1) is 8.70. The smallest absolute Gasteiger partial charge is 0.0357 e. The molecule has 1 aromatic heterocycles. The van der Waals surface area contributed by atoms with Gasteiger partial charge < -0.3 is 5.32 Å². The first-order valence-electron chi connectivity index (χ1n) is 6.26. The van der Waals surface area contributed by atoms with Crippen LogP contribution in [0, 0.1) is 6.92 Å². The van der Waals surface area contributed by atoms with Crippen molar-refractivity contribution in [1.29, 1.82) is 0 Å². The molecule has 0 atom stereocenters. The van der Waals surface area contributed by atoms with E-state index in [0.717, 1.165) is 13.1 Å². The van der Waals surface area contributed by atoms with Gasteiger partial charge in [-0.2, -0.15) is 0 Å². The Kier molecular flexibility index (Phi) is 4.98. The Balaban J connectivity index is 2.13. The summed E-state index contributed by atoms with van der Waals surface area (Å²) in [5.74, 6) is 0. The maximum Gasteiger partial charge on any atom is 0.0357 e. The Labute approximate surface area is 121 Å². The first-order valence-corrected chi connectivity index (χ1v) is 7.87. The van der Waals surface area contributed by atoms with Crippen LogP contribution >= 0.6 is 27.3 Å². The van der Waals surface area contributed by atoms with E-state index < -0.39 is 0 Å². The van der Waals surface area contributed by atoms with Crippen LogP contribution in [-0.2, 0) is 6.54 Å². The molecular weight excluding hydrogens is 306 g/mol. The van der Waals surface area contributed by atoms with Crippen LogP contribution in [-0.4, -0.2) is 6.54 Å². The van der Waals surface area contributed by atoms with Gasteiger partial charge in [0.2, 0.25) is 0 Å². The van der Waals surface area contributed by atoms with Gasteiger partial charge in [0.15, 0.2) is 0 Å². The molecule has 0 radical (unpaired) electrons. The summed E-state index contributed by atoms with van der Waals surface area (Å²) in [4.78, 5) is 2.72. The van der Waals surface area contributed by atoms with Gasteiger partial charge in [-0.25, -0.2) is 0 Å². The Morgan fingerprint density at radius 1 is 1.22 bits per heavy atom. The highest BCUT2D eigenvalue weighted by atomic mass is 79.9. The van der Waals surface area contributed by atoms with E-state index in [1.807, 2.05) is 11.3 Å². The van der Waals surface area contributed by atoms with E-state index in [-0.39, 0.29) is 0 Å². The molecule has 0 saturated carbocycles. The SMILES string of the molecule is CCCNCc1ccc(-c2ccc(C)cc2Br)s1. The molecule has 0 bridgehead atoms. The molecule has 3 heteroatoms. The second-order valence-electron chi connectivity index (χ2n) is 4.43. The van der Waals surface area contributed by atoms with Gasteiger partial charge in [-0.3, -0.25) is 0 Å². The minimum Gasteiger partial charge on any atom is -0.312 e. The fourth-order valence-corrected chi connectivity index (χ4v) is 3.68. The van der Waals surface area contributed by atoms with Gasteiger partial charge in [-0.1, -0.05) is 35.0 Å². The van der Waals surface area contributed by atoms with Crippen molar-refractivity contribution in [3.05, 3.63) is 45.2 Å². The maximum absolute atomic E-state index is 3.65. The predicted molar refractivity (Wildman–Crippen MR) is 84.2 cm³/mol. The van der Waals surface area contributed by atoms with E-state index in [0.29, 0.717) is 0 Å². The molecule has 0 amide bonds. The molecule has 0 saturated heterocycles. The van der Waals surface area contributed by atoms with E-state index in [4.69, 9.17) is 0 Å². The maximum atomic E-state index is 3.65. The van der Waals surface area contributed by atoms with Crippen LogP contribution in [0.5, 0.6) is 0 Å². The number of hydrogen-bond acceptors (Lipinski definition) is 2. The molecule has 1 nitrogen and oxygen atoms in total. The van der Waals surface area contributed by atoms with Gasteiger partial charge >= 0.3 is 0 Å². The van der Waals surface area contributed by atoms with E-state index in [2.05, 4.69) is 65.4 Å². The van der Waals surface area contributed by atoms with Crippen molar-refractivity contribution in [3.8, 4) is 10.4 Å². The summed E-state index contributed by atoms with van der Waals surface area (Å²) >= 11 is 5.51. The van der Waals surface area contributed by atoms with Crippen LogP contribution in [0.15, 0.2) is 34.8 Å². The third-order valence-electron chi connectivity index (χ3n) is 2.78. The van der Waals surface area contributed by atoms with E-state index in [9.17, 15) is 0 Å². The summed E-state index contributed by atoms with van der Waals surface area (Å²) < 4.78 is 1.18. The Hall–Kier alpha value is -0.640. The van der Waals surface area contributed by atoms with Crippen LogP contribution in [0.3, 0.4) is 0 Å². The summed E-state index contributed by atoms with van der Waals surface area (Å²) in [6, 6.07) is 10.9. The predicted octanol–water partition coefficient (Wildman–Crippen LogP) is 4.99. The highest BCUT2D eigenvalue weighted by Gasteiger charge is 2.06. The summed E-state index contributed by atoms with van der Waals surface area (Å²) in [5.41, 5.74) is 2.57. The molecule has 1 N–H and O–H groups in total. The molecule has 0 aliphatic heterocycles. The number of rotatable bonds is 5. The molecule has 0 spiro atoms. The van der Waals surface area contributed by atoms with Crippen molar-refractivity contribution in [2.24, 2.45) is 0 Å². The Morgan fingerprint density at radius 3 is 2.78 bits per heavy atom.